The van der Waals surface area contributed by atoms with Crippen LogP contribution in [0.4, 0.5) is 0 Å². The fourth-order valence-corrected chi connectivity index (χ4v) is 1.30. The molecular weight excluding hydrogens is 200 g/mol. The zero-order valence-electron chi connectivity index (χ0n) is 9.26. The van der Waals surface area contributed by atoms with Gasteiger partial charge in [0.2, 0.25) is 6.54 Å². The number of nitrogens with two attached hydrogens (primary N) is 1. The van der Waals surface area contributed by atoms with Crippen LogP contribution in [0.2, 0.25) is 0 Å². The highest BCUT2D eigenvalue weighted by Crippen LogP contribution is 2.08. The molecule has 0 radical (unpaired) electrons. The fourth-order valence-electron chi connectivity index (χ4n) is 1.30. The van der Waals surface area contributed by atoms with Gasteiger partial charge in [-0.3, -0.25) is 10.1 Å². The molecule has 3 N–H and O–H groups in total. The summed E-state index contributed by atoms with van der Waals surface area (Å²) < 4.78 is 5.48. The van der Waals surface area contributed by atoms with Crippen molar-refractivity contribution in [1.82, 2.24) is 0 Å². The van der Waals surface area contributed by atoms with Crippen LogP contribution in [0.3, 0.4) is 0 Å². The van der Waals surface area contributed by atoms with Gasteiger partial charge in [-0.15, -0.1) is 0 Å². The Labute approximate surface area is 89.6 Å². The van der Waals surface area contributed by atoms with Gasteiger partial charge < -0.3 is 15.6 Å². The van der Waals surface area contributed by atoms with E-state index in [0.717, 1.165) is 12.8 Å². The van der Waals surface area contributed by atoms with Gasteiger partial charge in [0, 0.05) is 4.92 Å². The molecule has 6 nitrogen and oxygen atoms in total. The van der Waals surface area contributed by atoms with Crippen molar-refractivity contribution < 1.29 is 14.8 Å². The molecule has 0 aromatic carbocycles. The second-order valence-electron chi connectivity index (χ2n) is 3.47. The first-order chi connectivity index (χ1) is 7.04. The van der Waals surface area contributed by atoms with E-state index in [9.17, 15) is 10.1 Å². The Morgan fingerprint density at radius 2 is 2.00 bits per heavy atom. The minimum Gasteiger partial charge on any atom is -0.394 e. The van der Waals surface area contributed by atoms with Crippen molar-refractivity contribution in [2.24, 2.45) is 5.73 Å². The lowest BCUT2D eigenvalue weighted by Gasteiger charge is -2.24. The van der Waals surface area contributed by atoms with Crippen molar-refractivity contribution in [2.75, 3.05) is 13.2 Å². The predicted molar refractivity (Wildman–Crippen MR) is 56.2 cm³/mol. The molecule has 0 aliphatic carbocycles. The van der Waals surface area contributed by atoms with Gasteiger partial charge in [-0.05, 0) is 12.8 Å². The fraction of sp³-hybridized carbons (Fsp3) is 1.00. The Morgan fingerprint density at radius 1 is 1.47 bits per heavy atom. The minimum absolute atomic E-state index is 0.0000425. The van der Waals surface area contributed by atoms with Crippen molar-refractivity contribution >= 4 is 0 Å². The van der Waals surface area contributed by atoms with Crippen molar-refractivity contribution in [3.63, 3.8) is 0 Å². The van der Waals surface area contributed by atoms with Crippen molar-refractivity contribution in [3.8, 4) is 0 Å². The van der Waals surface area contributed by atoms with E-state index in [4.69, 9.17) is 15.6 Å². The number of aliphatic hydroxyl groups excluding tert-OH is 1. The molecule has 0 aromatic rings. The minimum atomic E-state index is -0.759. The van der Waals surface area contributed by atoms with Gasteiger partial charge in [-0.25, -0.2) is 0 Å². The molecule has 0 aromatic heterocycles. The highest BCUT2D eigenvalue weighted by atomic mass is 16.6. The lowest BCUT2D eigenvalue weighted by Crippen LogP contribution is -2.45. The predicted octanol–water partition coefficient (Wildman–Crippen LogP) is 0.157. The second kappa shape index (κ2) is 7.56. The molecule has 0 heterocycles. The number of hydrogen-bond acceptors (Lipinski definition) is 5. The third-order valence-corrected chi connectivity index (χ3v) is 2.30. The Bertz CT molecular complexity index is 185. The number of hydrogen-bond donors (Lipinski definition) is 2. The molecule has 0 aliphatic heterocycles. The zero-order chi connectivity index (χ0) is 11.8. The molecule has 0 rings (SSSR count). The Balaban J connectivity index is 4.15. The summed E-state index contributed by atoms with van der Waals surface area (Å²) in [6.07, 6.45) is 0.955. The van der Waals surface area contributed by atoms with E-state index >= 15 is 0 Å². The topological polar surface area (TPSA) is 98.6 Å². The van der Waals surface area contributed by atoms with Crippen LogP contribution in [0.5, 0.6) is 0 Å². The van der Waals surface area contributed by atoms with E-state index in [1.54, 1.807) is 0 Å². The normalized spacial score (nSPS) is 15.3. The molecule has 15 heavy (non-hydrogen) atoms. The largest absolute Gasteiger partial charge is 0.394 e. The van der Waals surface area contributed by atoms with Gasteiger partial charge in [0.1, 0.15) is 6.10 Å². The van der Waals surface area contributed by atoms with Crippen LogP contribution in [-0.4, -0.2) is 41.4 Å². The van der Waals surface area contributed by atoms with Crippen LogP contribution in [0.15, 0.2) is 0 Å². The van der Waals surface area contributed by atoms with Gasteiger partial charge >= 0.3 is 0 Å². The molecule has 0 unspecified atom stereocenters. The van der Waals surface area contributed by atoms with Crippen LogP contribution >= 0.6 is 0 Å². The second-order valence-corrected chi connectivity index (χ2v) is 3.47. The lowest BCUT2D eigenvalue weighted by molar-refractivity contribution is -0.484. The maximum Gasteiger partial charge on any atom is 0.221 e. The Morgan fingerprint density at radius 3 is 2.33 bits per heavy atom. The van der Waals surface area contributed by atoms with E-state index in [2.05, 4.69) is 0 Å². The first-order valence-corrected chi connectivity index (χ1v) is 5.18. The highest BCUT2D eigenvalue weighted by molar-refractivity contribution is 4.73. The summed E-state index contributed by atoms with van der Waals surface area (Å²) >= 11 is 0. The molecular formula is C9H20N2O4. The maximum absolute atomic E-state index is 10.2. The molecule has 0 bridgehead atoms. The van der Waals surface area contributed by atoms with Gasteiger partial charge in [0.25, 0.3) is 0 Å². The van der Waals surface area contributed by atoms with Crippen LogP contribution in [-0.2, 0) is 4.74 Å². The summed E-state index contributed by atoms with van der Waals surface area (Å²) in [5, 5.41) is 19.3. The molecule has 0 aliphatic rings. The Kier molecular flexibility index (Phi) is 7.19. The quantitative estimate of drug-likeness (QED) is 0.448. The number of aliphatic hydroxyl groups is 1. The summed E-state index contributed by atoms with van der Waals surface area (Å²) in [4.78, 5) is 9.75. The standard InChI is InChI=1S/C9H20N2O4/c1-3-7(4-2)15-9(6-12)8(10)5-11(13)14/h7-9,12H,3-6,10H2,1-2H3/t8-,9-/m1/s1. The third-order valence-electron chi connectivity index (χ3n) is 2.30. The van der Waals surface area contributed by atoms with Crippen LogP contribution in [0.25, 0.3) is 0 Å². The summed E-state index contributed by atoms with van der Waals surface area (Å²) in [5.41, 5.74) is 5.56. The average Bonchev–Trinajstić information content (AvgIpc) is 2.18. The van der Waals surface area contributed by atoms with E-state index in [0.29, 0.717) is 0 Å². The summed E-state index contributed by atoms with van der Waals surface area (Å²) in [6, 6.07) is -0.759. The van der Waals surface area contributed by atoms with E-state index in [1.807, 2.05) is 13.8 Å². The highest BCUT2D eigenvalue weighted by Gasteiger charge is 2.24. The van der Waals surface area contributed by atoms with Crippen LogP contribution in [0.1, 0.15) is 26.7 Å². The molecule has 0 saturated heterocycles. The molecule has 0 saturated carbocycles. The third kappa shape index (κ3) is 5.66. The number of ether oxygens (including phenoxy) is 1. The van der Waals surface area contributed by atoms with Gasteiger partial charge in [-0.1, -0.05) is 13.8 Å². The smallest absolute Gasteiger partial charge is 0.221 e. The number of rotatable bonds is 8. The molecule has 90 valence electrons. The van der Waals surface area contributed by atoms with Gasteiger partial charge in [0.15, 0.2) is 0 Å². The Hall–Kier alpha value is -0.720. The molecule has 0 amide bonds. The van der Waals surface area contributed by atoms with Crippen molar-refractivity contribution in [1.29, 1.82) is 0 Å². The lowest BCUT2D eigenvalue weighted by atomic mass is 10.1. The van der Waals surface area contributed by atoms with Crippen LogP contribution < -0.4 is 5.73 Å². The molecule has 6 heteroatoms. The number of nitrogens with zero attached hydrogens (tertiary/aromatic N) is 1. The zero-order valence-corrected chi connectivity index (χ0v) is 9.26. The first kappa shape index (κ1) is 14.3. The maximum atomic E-state index is 10.2. The van der Waals surface area contributed by atoms with E-state index in [-0.39, 0.29) is 19.3 Å². The first-order valence-electron chi connectivity index (χ1n) is 5.18. The molecule has 0 spiro atoms. The monoisotopic (exact) mass is 220 g/mol. The van der Waals surface area contributed by atoms with Gasteiger partial charge in [-0.2, -0.15) is 0 Å². The molecule has 0 fully saturated rings. The molecule has 2 atom stereocenters. The SMILES string of the molecule is CCC(CC)O[C@H](CO)[C@H](N)C[N+](=O)[O-]. The summed E-state index contributed by atoms with van der Waals surface area (Å²) in [6.45, 7) is 3.25. The van der Waals surface area contributed by atoms with Crippen molar-refractivity contribution in [2.45, 2.75) is 44.9 Å². The summed E-state index contributed by atoms with van der Waals surface area (Å²) in [7, 11) is 0. The van der Waals surface area contributed by atoms with E-state index < -0.39 is 17.1 Å². The number of nitro groups is 1. The average molecular weight is 220 g/mol. The van der Waals surface area contributed by atoms with Crippen LogP contribution in [0, 0.1) is 10.1 Å². The van der Waals surface area contributed by atoms with Gasteiger partial charge in [0.05, 0.1) is 18.8 Å². The van der Waals surface area contributed by atoms with Crippen molar-refractivity contribution in [3.05, 3.63) is 10.1 Å². The summed E-state index contributed by atoms with van der Waals surface area (Å²) in [5.74, 6) is 0. The van der Waals surface area contributed by atoms with E-state index in [1.165, 1.54) is 0 Å².